The summed E-state index contributed by atoms with van der Waals surface area (Å²) >= 11 is 0. The minimum absolute atomic E-state index is 0.0679. The molecular weight excluding hydrogens is 397 g/mol. The molecule has 1 aromatic rings. The fourth-order valence-electron chi connectivity index (χ4n) is 3.04. The Morgan fingerprint density at radius 1 is 1.41 bits per heavy atom. The van der Waals surface area contributed by atoms with Crippen LogP contribution in [0, 0.1) is 23.6 Å². The Labute approximate surface area is 170 Å². The number of rotatable bonds is 6. The first kappa shape index (κ1) is 21.3. The van der Waals surface area contributed by atoms with Crippen LogP contribution >= 0.6 is 0 Å². The van der Waals surface area contributed by atoms with Gasteiger partial charge in [0.15, 0.2) is 14.6 Å². The van der Waals surface area contributed by atoms with Crippen LogP contribution in [0.2, 0.25) is 0 Å². The van der Waals surface area contributed by atoms with Gasteiger partial charge in [-0.3, -0.25) is 4.79 Å². The highest BCUT2D eigenvalue weighted by molar-refractivity contribution is 7.92. The molecule has 0 spiro atoms. The van der Waals surface area contributed by atoms with Crippen molar-refractivity contribution in [1.82, 2.24) is 0 Å². The fourth-order valence-corrected chi connectivity index (χ4v) is 3.89. The first-order chi connectivity index (χ1) is 13.6. The fraction of sp³-hybridized carbons (Fsp3) is 0.524. The number of sulfone groups is 1. The Hall–Kier alpha value is -2.40. The quantitative estimate of drug-likeness (QED) is 0.521. The van der Waals surface area contributed by atoms with E-state index in [0.29, 0.717) is 17.2 Å². The lowest BCUT2D eigenvalue weighted by atomic mass is 9.96. The van der Waals surface area contributed by atoms with Gasteiger partial charge in [-0.15, -0.1) is 0 Å². The van der Waals surface area contributed by atoms with Crippen LogP contribution in [0.25, 0.3) is 0 Å². The van der Waals surface area contributed by atoms with E-state index in [1.54, 1.807) is 19.1 Å². The first-order valence-corrected chi connectivity index (χ1v) is 11.4. The van der Waals surface area contributed by atoms with Crippen molar-refractivity contribution in [3.8, 4) is 11.8 Å². The number of esters is 1. The highest BCUT2D eigenvalue weighted by Crippen LogP contribution is 2.31. The van der Waals surface area contributed by atoms with Crippen LogP contribution in [0.4, 0.5) is 4.39 Å². The molecule has 2 aliphatic rings. The lowest BCUT2D eigenvalue weighted by Gasteiger charge is -2.27. The molecule has 0 saturated heterocycles. The van der Waals surface area contributed by atoms with E-state index in [1.807, 2.05) is 0 Å². The van der Waals surface area contributed by atoms with E-state index in [9.17, 15) is 17.6 Å². The van der Waals surface area contributed by atoms with E-state index in [-0.39, 0.29) is 25.0 Å². The van der Waals surface area contributed by atoms with Gasteiger partial charge in [0.2, 0.25) is 0 Å². The number of ether oxygens (including phenoxy) is 1. The second-order valence-electron chi connectivity index (χ2n) is 7.64. The van der Waals surface area contributed by atoms with E-state index in [0.717, 1.165) is 19.1 Å². The predicted molar refractivity (Wildman–Crippen MR) is 107 cm³/mol. The third-order valence-corrected chi connectivity index (χ3v) is 7.12. The molecule has 0 aromatic heterocycles. The van der Waals surface area contributed by atoms with Gasteiger partial charge in [-0.25, -0.2) is 12.8 Å². The molecule has 1 aliphatic heterocycles. The predicted octanol–water partition coefficient (Wildman–Crippen LogP) is 2.84. The Kier molecular flexibility index (Phi) is 5.99. The number of halogens is 1. The van der Waals surface area contributed by atoms with Crippen LogP contribution in [0.5, 0.6) is 0 Å². The summed E-state index contributed by atoms with van der Waals surface area (Å²) in [5.41, 5.74) is 1.25. The third-order valence-electron chi connectivity index (χ3n) is 5.15. The van der Waals surface area contributed by atoms with Crippen LogP contribution in [0.15, 0.2) is 23.4 Å². The van der Waals surface area contributed by atoms with Gasteiger partial charge >= 0.3 is 5.97 Å². The zero-order chi connectivity index (χ0) is 21.2. The van der Waals surface area contributed by atoms with Crippen LogP contribution in [-0.2, 0) is 24.2 Å². The Morgan fingerprint density at radius 3 is 2.72 bits per heavy atom. The maximum absolute atomic E-state index is 14.6. The van der Waals surface area contributed by atoms with Crippen molar-refractivity contribution in [3.05, 3.63) is 35.1 Å². The van der Waals surface area contributed by atoms with Crippen molar-refractivity contribution in [1.29, 1.82) is 0 Å². The molecule has 2 atom stereocenters. The molecule has 2 unspecified atom stereocenters. The molecule has 0 amide bonds. The minimum atomic E-state index is -3.77. The van der Waals surface area contributed by atoms with E-state index in [1.165, 1.54) is 13.0 Å². The Balaban J connectivity index is 1.72. The molecule has 0 bridgehead atoms. The van der Waals surface area contributed by atoms with Crippen LogP contribution < -0.4 is 0 Å². The maximum Gasteiger partial charge on any atom is 0.327 e. The van der Waals surface area contributed by atoms with Crippen molar-refractivity contribution in [2.24, 2.45) is 11.1 Å². The second kappa shape index (κ2) is 8.15. The number of carbonyl (C=O) groups excluding carboxylic acids is 1. The lowest BCUT2D eigenvalue weighted by Crippen LogP contribution is -2.47. The number of benzene rings is 1. The summed E-state index contributed by atoms with van der Waals surface area (Å²) in [6.45, 7) is 2.99. The summed E-state index contributed by atoms with van der Waals surface area (Å²) in [5.74, 6) is 5.18. The summed E-state index contributed by atoms with van der Waals surface area (Å²) < 4.78 is 42.2. The van der Waals surface area contributed by atoms with Gasteiger partial charge < -0.3 is 9.57 Å². The molecule has 1 heterocycles. The van der Waals surface area contributed by atoms with Gasteiger partial charge in [0.1, 0.15) is 11.9 Å². The summed E-state index contributed by atoms with van der Waals surface area (Å²) in [6.07, 6.45) is 2.56. The molecular formula is C21H24FNO5S. The van der Waals surface area contributed by atoms with Gasteiger partial charge in [-0.2, -0.15) is 0 Å². The van der Waals surface area contributed by atoms with Crippen LogP contribution in [-0.4, -0.2) is 43.8 Å². The van der Waals surface area contributed by atoms with Crippen LogP contribution in [0.3, 0.4) is 0 Å². The number of nitrogens with zero attached hydrogens (tertiary/aromatic N) is 1. The average Bonchev–Trinajstić information content (AvgIpc) is 3.37. The molecule has 6 nitrogen and oxygen atoms in total. The van der Waals surface area contributed by atoms with Crippen molar-refractivity contribution in [2.75, 3.05) is 12.9 Å². The highest BCUT2D eigenvalue weighted by Gasteiger charge is 2.48. The minimum Gasteiger partial charge on any atom is -0.465 e. The van der Waals surface area contributed by atoms with E-state index in [4.69, 9.17) is 9.57 Å². The molecule has 8 heteroatoms. The number of hydrogen-bond acceptors (Lipinski definition) is 6. The SMILES string of the molecule is CCOC(=O)C(C)(CC1CC(c2ccc(C#CC3CC3)cc2F)=NO1)S(C)(=O)=O. The lowest BCUT2D eigenvalue weighted by molar-refractivity contribution is -0.146. The molecule has 1 fully saturated rings. The molecule has 29 heavy (non-hydrogen) atoms. The van der Waals surface area contributed by atoms with Crippen molar-refractivity contribution in [3.63, 3.8) is 0 Å². The molecule has 1 saturated carbocycles. The summed E-state index contributed by atoms with van der Waals surface area (Å²) in [5, 5.41) is 3.93. The number of carbonyl (C=O) groups is 1. The largest absolute Gasteiger partial charge is 0.465 e. The van der Waals surface area contributed by atoms with Gasteiger partial charge in [-0.1, -0.05) is 17.0 Å². The standard InChI is InChI=1S/C21H24FNO5S/c1-4-27-20(24)21(2,29(3,25)26)13-16-12-19(23-28-16)17-10-9-15(11-18(17)22)8-7-14-5-6-14/h9-11,14,16H,4-6,12-13H2,1-3H3. The normalized spacial score (nSPS) is 20.7. The smallest absolute Gasteiger partial charge is 0.327 e. The second-order valence-corrected chi connectivity index (χ2v) is 10.1. The highest BCUT2D eigenvalue weighted by atomic mass is 32.2. The summed E-state index contributed by atoms with van der Waals surface area (Å²) in [6, 6.07) is 4.68. The summed E-state index contributed by atoms with van der Waals surface area (Å²) in [4.78, 5) is 17.6. The van der Waals surface area contributed by atoms with Gasteiger partial charge in [0.25, 0.3) is 0 Å². The topological polar surface area (TPSA) is 82.0 Å². The zero-order valence-electron chi connectivity index (χ0n) is 16.7. The Bertz CT molecular complexity index is 1000. The molecule has 3 rings (SSSR count). The van der Waals surface area contributed by atoms with Crippen molar-refractivity contribution < 1.29 is 27.2 Å². The Morgan fingerprint density at radius 2 is 2.14 bits per heavy atom. The average molecular weight is 421 g/mol. The monoisotopic (exact) mass is 421 g/mol. The van der Waals surface area contributed by atoms with Gasteiger partial charge in [0, 0.05) is 36.1 Å². The van der Waals surface area contributed by atoms with E-state index >= 15 is 0 Å². The third kappa shape index (κ3) is 4.78. The molecule has 0 N–H and O–H groups in total. The van der Waals surface area contributed by atoms with E-state index < -0.39 is 32.5 Å². The van der Waals surface area contributed by atoms with Crippen LogP contribution in [0.1, 0.15) is 50.7 Å². The molecule has 1 aliphatic carbocycles. The first-order valence-electron chi connectivity index (χ1n) is 9.55. The van der Waals surface area contributed by atoms with Crippen molar-refractivity contribution >= 4 is 21.5 Å². The van der Waals surface area contributed by atoms with Gasteiger partial charge in [-0.05, 0) is 44.9 Å². The maximum atomic E-state index is 14.6. The van der Waals surface area contributed by atoms with E-state index in [2.05, 4.69) is 17.0 Å². The molecule has 1 aromatic carbocycles. The molecule has 156 valence electrons. The summed E-state index contributed by atoms with van der Waals surface area (Å²) in [7, 11) is -3.77. The number of hydrogen-bond donors (Lipinski definition) is 0. The molecule has 0 radical (unpaired) electrons. The zero-order valence-corrected chi connectivity index (χ0v) is 17.5. The van der Waals surface area contributed by atoms with Crippen molar-refractivity contribution in [2.45, 2.75) is 50.4 Å². The number of oxime groups is 1. The van der Waals surface area contributed by atoms with Gasteiger partial charge in [0.05, 0.1) is 12.3 Å².